The Morgan fingerprint density at radius 1 is 0.350 bits per heavy atom. The minimum absolute atomic E-state index is 0.0148. The highest BCUT2D eigenvalue weighted by Gasteiger charge is 2.18. The molecule has 80 heavy (non-hydrogen) atoms. The number of hydrogen-bond donors (Lipinski definition) is 3. The van der Waals surface area contributed by atoms with E-state index in [0.29, 0.717) is 19.4 Å². The highest BCUT2D eigenvalue weighted by molar-refractivity contribution is 5.76. The van der Waals surface area contributed by atoms with Gasteiger partial charge in [0, 0.05) is 12.8 Å². The fourth-order valence-corrected chi connectivity index (χ4v) is 11.4. The van der Waals surface area contributed by atoms with Gasteiger partial charge in [-0.05, 0) is 64.2 Å². The van der Waals surface area contributed by atoms with Crippen LogP contribution in [-0.4, -0.2) is 47.4 Å². The first-order chi connectivity index (χ1) is 39.5. The van der Waals surface area contributed by atoms with Gasteiger partial charge < -0.3 is 20.3 Å². The summed E-state index contributed by atoms with van der Waals surface area (Å²) in [6, 6.07) is -0.631. The number of esters is 1. The van der Waals surface area contributed by atoms with E-state index >= 15 is 0 Å². The second kappa shape index (κ2) is 69.6. The Balaban J connectivity index is 3.42. The van der Waals surface area contributed by atoms with Gasteiger partial charge >= 0.3 is 5.97 Å². The molecule has 6 heteroatoms. The van der Waals surface area contributed by atoms with Crippen molar-refractivity contribution in [1.29, 1.82) is 0 Å². The van der Waals surface area contributed by atoms with Gasteiger partial charge in [-0.2, -0.15) is 0 Å². The third kappa shape index (κ3) is 65.2. The van der Waals surface area contributed by atoms with Crippen molar-refractivity contribution in [1.82, 2.24) is 5.32 Å². The first-order valence-corrected chi connectivity index (χ1v) is 36.3. The summed E-state index contributed by atoms with van der Waals surface area (Å²) in [4.78, 5) is 24.6. The summed E-state index contributed by atoms with van der Waals surface area (Å²) in [5.74, 6) is -0.0531. The van der Waals surface area contributed by atoms with Crippen LogP contribution in [0.5, 0.6) is 0 Å². The van der Waals surface area contributed by atoms with E-state index in [4.69, 9.17) is 4.74 Å². The molecule has 0 aliphatic heterocycles. The fraction of sp³-hybridized carbons (Fsp3) is 0.892. The normalized spacial score (nSPS) is 12.7. The molecule has 2 atom stereocenters. The van der Waals surface area contributed by atoms with Gasteiger partial charge in [0.1, 0.15) is 0 Å². The predicted molar refractivity (Wildman–Crippen MR) is 352 cm³/mol. The van der Waals surface area contributed by atoms with Crippen molar-refractivity contribution < 1.29 is 24.5 Å². The number of carbonyl (C=O) groups excluding carboxylic acids is 2. The summed E-state index contributed by atoms with van der Waals surface area (Å²) in [5.41, 5.74) is 0. The quantitative estimate of drug-likeness (QED) is 0.0320. The van der Waals surface area contributed by atoms with Crippen molar-refractivity contribution in [2.45, 2.75) is 411 Å². The van der Waals surface area contributed by atoms with E-state index in [1.807, 2.05) is 6.08 Å². The third-order valence-corrected chi connectivity index (χ3v) is 16.9. The lowest BCUT2D eigenvalue weighted by Crippen LogP contribution is -2.45. The monoisotopic (exact) mass is 1120 g/mol. The van der Waals surface area contributed by atoms with Gasteiger partial charge in [-0.3, -0.25) is 9.59 Å². The van der Waals surface area contributed by atoms with Crippen molar-refractivity contribution in [3.05, 3.63) is 36.5 Å². The first kappa shape index (κ1) is 78.1. The number of aliphatic hydroxyl groups excluding tert-OH is 2. The van der Waals surface area contributed by atoms with Crippen LogP contribution in [0, 0.1) is 0 Å². The van der Waals surface area contributed by atoms with E-state index in [-0.39, 0.29) is 18.5 Å². The lowest BCUT2D eigenvalue weighted by Gasteiger charge is -2.20. The number of carbonyl (C=O) groups is 2. The van der Waals surface area contributed by atoms with Crippen LogP contribution in [0.15, 0.2) is 36.5 Å². The van der Waals surface area contributed by atoms with Crippen LogP contribution in [0.25, 0.3) is 0 Å². The summed E-state index contributed by atoms with van der Waals surface area (Å²) in [6.07, 6.45) is 89.4. The topological polar surface area (TPSA) is 95.9 Å². The first-order valence-electron chi connectivity index (χ1n) is 36.3. The molecule has 0 aromatic carbocycles. The zero-order chi connectivity index (χ0) is 57.8. The van der Waals surface area contributed by atoms with Gasteiger partial charge in [-0.1, -0.05) is 359 Å². The zero-order valence-corrected chi connectivity index (χ0v) is 54.1. The number of hydrogen-bond acceptors (Lipinski definition) is 5. The van der Waals surface area contributed by atoms with Crippen LogP contribution in [0.1, 0.15) is 399 Å². The fourth-order valence-electron chi connectivity index (χ4n) is 11.4. The number of aliphatic hydroxyl groups is 2. The molecule has 0 saturated heterocycles. The summed E-state index contributed by atoms with van der Waals surface area (Å²) in [5, 5.41) is 23.2. The van der Waals surface area contributed by atoms with E-state index in [0.717, 1.165) is 44.9 Å². The highest BCUT2D eigenvalue weighted by atomic mass is 16.5. The minimum atomic E-state index is -0.848. The second-order valence-electron chi connectivity index (χ2n) is 24.9. The zero-order valence-electron chi connectivity index (χ0n) is 54.1. The molecule has 3 N–H and O–H groups in total. The number of allylic oxidation sites excluding steroid dienone is 5. The van der Waals surface area contributed by atoms with E-state index < -0.39 is 12.1 Å². The molecule has 0 aliphatic rings. The van der Waals surface area contributed by atoms with Crippen molar-refractivity contribution in [3.8, 4) is 0 Å². The maximum Gasteiger partial charge on any atom is 0.305 e. The molecule has 0 fully saturated rings. The molecular weight excluding hydrogens is 983 g/mol. The smallest absolute Gasteiger partial charge is 0.305 e. The van der Waals surface area contributed by atoms with E-state index in [1.165, 1.54) is 327 Å². The number of nitrogens with one attached hydrogen (secondary N) is 1. The van der Waals surface area contributed by atoms with Crippen molar-refractivity contribution >= 4 is 11.9 Å². The highest BCUT2D eigenvalue weighted by Crippen LogP contribution is 2.19. The molecule has 0 heterocycles. The van der Waals surface area contributed by atoms with E-state index in [9.17, 15) is 19.8 Å². The summed E-state index contributed by atoms with van der Waals surface area (Å²) in [7, 11) is 0. The Morgan fingerprint density at radius 2 is 0.625 bits per heavy atom. The van der Waals surface area contributed by atoms with Crippen molar-refractivity contribution in [3.63, 3.8) is 0 Å². The Bertz CT molecular complexity index is 1300. The van der Waals surface area contributed by atoms with Crippen LogP contribution in [0.2, 0.25) is 0 Å². The molecule has 0 spiro atoms. The molecule has 0 rings (SSSR count). The molecule has 0 aromatic heterocycles. The molecule has 6 nitrogen and oxygen atoms in total. The molecule has 0 radical (unpaired) electrons. The van der Waals surface area contributed by atoms with Gasteiger partial charge in [0.15, 0.2) is 0 Å². The Labute approximate surface area is 500 Å². The molecule has 1 amide bonds. The number of ether oxygens (including phenoxy) is 1. The van der Waals surface area contributed by atoms with Gasteiger partial charge in [0.2, 0.25) is 5.91 Å². The summed E-state index contributed by atoms with van der Waals surface area (Å²) >= 11 is 0. The van der Waals surface area contributed by atoms with Crippen LogP contribution < -0.4 is 5.32 Å². The summed E-state index contributed by atoms with van der Waals surface area (Å²) in [6.45, 7) is 4.94. The van der Waals surface area contributed by atoms with E-state index in [1.54, 1.807) is 6.08 Å². The predicted octanol–water partition coefficient (Wildman–Crippen LogP) is 23.5. The maximum absolute atomic E-state index is 12.5. The van der Waals surface area contributed by atoms with E-state index in [2.05, 4.69) is 43.5 Å². The largest absolute Gasteiger partial charge is 0.466 e. The van der Waals surface area contributed by atoms with Crippen LogP contribution >= 0.6 is 0 Å². The summed E-state index contributed by atoms with van der Waals surface area (Å²) < 4.78 is 5.50. The minimum Gasteiger partial charge on any atom is -0.466 e. The van der Waals surface area contributed by atoms with Crippen LogP contribution in [0.3, 0.4) is 0 Å². The SMILES string of the molecule is CCCCCCCCCCCCCCCCCCC/C=C/C(O)C(CO)NC(=O)CCCCCCCCCCCCC/C=C\C/C=C\CCCCCCCCCCCOC(=O)CCCCCCCCCCCCCCCCCCC. The molecule has 0 aliphatic carbocycles. The van der Waals surface area contributed by atoms with Crippen molar-refractivity contribution in [2.75, 3.05) is 13.2 Å². The van der Waals surface area contributed by atoms with Gasteiger partial charge in [-0.25, -0.2) is 0 Å². The molecule has 0 saturated carbocycles. The molecule has 472 valence electrons. The maximum atomic E-state index is 12.5. The van der Waals surface area contributed by atoms with Gasteiger partial charge in [0.25, 0.3) is 0 Å². The molecule has 0 bridgehead atoms. The lowest BCUT2D eigenvalue weighted by atomic mass is 10.0. The van der Waals surface area contributed by atoms with Gasteiger partial charge in [-0.15, -0.1) is 0 Å². The van der Waals surface area contributed by atoms with Gasteiger partial charge in [0.05, 0.1) is 25.4 Å². The molecule has 2 unspecified atom stereocenters. The molecular formula is C74H141NO5. The molecule has 0 aromatic rings. The lowest BCUT2D eigenvalue weighted by molar-refractivity contribution is -0.143. The second-order valence-corrected chi connectivity index (χ2v) is 24.9. The number of unbranched alkanes of at least 4 members (excludes halogenated alkanes) is 53. The third-order valence-electron chi connectivity index (χ3n) is 16.9. The Hall–Kier alpha value is -1.92. The number of rotatable bonds is 68. The van der Waals surface area contributed by atoms with Crippen LogP contribution in [-0.2, 0) is 14.3 Å². The van der Waals surface area contributed by atoms with Crippen LogP contribution in [0.4, 0.5) is 0 Å². The Kier molecular flexibility index (Phi) is 67.9. The standard InChI is InChI=1S/C74H141NO5/c1-3-5-7-9-11-13-15-17-19-21-31-35-38-42-46-50-54-58-62-66-72(77)71(70-76)75-73(78)67-63-59-55-51-47-43-39-36-32-29-27-25-23-22-24-26-28-30-33-37-41-45-49-53-57-61-65-69-80-74(79)68-64-60-56-52-48-44-40-34-20-18-16-14-12-10-8-6-4-2/h22-23,26,28,62,66,71-72,76-77H,3-21,24-25,27,29-61,63-65,67-70H2,1-2H3,(H,75,78)/b23-22-,28-26-,66-62+. The average molecular weight is 1120 g/mol. The Morgan fingerprint density at radius 3 is 0.950 bits per heavy atom. The van der Waals surface area contributed by atoms with Crippen molar-refractivity contribution in [2.24, 2.45) is 0 Å². The number of amides is 1. The average Bonchev–Trinajstić information content (AvgIpc) is 3.46.